The van der Waals surface area contributed by atoms with Crippen LogP contribution >= 0.6 is 0 Å². The van der Waals surface area contributed by atoms with Crippen LogP contribution in [-0.2, 0) is 6.54 Å². The van der Waals surface area contributed by atoms with Crippen molar-refractivity contribution in [2.24, 2.45) is 5.73 Å². The van der Waals surface area contributed by atoms with E-state index in [1.807, 2.05) is 0 Å². The topological polar surface area (TPSA) is 38.0 Å². The van der Waals surface area contributed by atoms with Gasteiger partial charge in [-0.15, -0.1) is 0 Å². The predicted octanol–water partition coefficient (Wildman–Crippen LogP) is 2.32. The Morgan fingerprint density at radius 2 is 1.94 bits per heavy atom. The van der Waals surface area contributed by atoms with E-state index in [0.717, 1.165) is 24.5 Å². The van der Waals surface area contributed by atoms with Gasteiger partial charge in [0, 0.05) is 18.6 Å². The number of rotatable bonds is 3. The fourth-order valence-electron chi connectivity index (χ4n) is 2.31. The first kappa shape index (κ1) is 12.5. The molecule has 3 N–H and O–H groups in total. The van der Waals surface area contributed by atoms with Crippen molar-refractivity contribution in [3.05, 3.63) is 35.4 Å². The van der Waals surface area contributed by atoms with Crippen molar-refractivity contribution in [3.8, 4) is 0 Å². The van der Waals surface area contributed by atoms with Crippen LogP contribution in [0.15, 0.2) is 18.2 Å². The third-order valence-electron chi connectivity index (χ3n) is 3.37. The Hall–Kier alpha value is -1.00. The summed E-state index contributed by atoms with van der Waals surface area (Å²) in [5.41, 5.74) is 6.75. The Morgan fingerprint density at radius 3 is 2.65 bits per heavy atom. The summed E-state index contributed by atoms with van der Waals surface area (Å²) in [5, 5.41) is 3.32. The van der Waals surface area contributed by atoms with E-state index in [9.17, 15) is 8.78 Å². The van der Waals surface area contributed by atoms with Crippen LogP contribution in [0.1, 0.15) is 31.2 Å². The van der Waals surface area contributed by atoms with E-state index >= 15 is 0 Å². The zero-order chi connectivity index (χ0) is 12.3. The van der Waals surface area contributed by atoms with E-state index < -0.39 is 11.6 Å². The van der Waals surface area contributed by atoms with Crippen LogP contribution in [-0.4, -0.2) is 12.1 Å². The molecule has 0 amide bonds. The first-order chi connectivity index (χ1) is 8.16. The average Bonchev–Trinajstić information content (AvgIpc) is 2.32. The predicted molar refractivity (Wildman–Crippen MR) is 63.4 cm³/mol. The molecule has 0 radical (unpaired) electrons. The number of hydrogen-bond donors (Lipinski definition) is 2. The summed E-state index contributed by atoms with van der Waals surface area (Å²) in [4.78, 5) is 0. The Kier molecular flexibility index (Phi) is 4.07. The van der Waals surface area contributed by atoms with E-state index in [1.54, 1.807) is 6.07 Å². The Labute approximate surface area is 100 Å². The molecule has 0 saturated heterocycles. The van der Waals surface area contributed by atoms with Crippen LogP contribution in [0.3, 0.4) is 0 Å². The number of halogens is 2. The first-order valence-corrected chi connectivity index (χ1v) is 6.09. The third-order valence-corrected chi connectivity index (χ3v) is 3.37. The van der Waals surface area contributed by atoms with E-state index in [-0.39, 0.29) is 12.1 Å². The third kappa shape index (κ3) is 3.23. The van der Waals surface area contributed by atoms with Crippen LogP contribution in [0, 0.1) is 11.6 Å². The molecule has 1 fully saturated rings. The van der Waals surface area contributed by atoms with Crippen molar-refractivity contribution >= 4 is 0 Å². The molecule has 0 aliphatic heterocycles. The molecular weight excluding hydrogens is 222 g/mol. The second kappa shape index (κ2) is 5.56. The highest BCUT2D eigenvalue weighted by molar-refractivity contribution is 5.17. The van der Waals surface area contributed by atoms with Crippen LogP contribution in [0.2, 0.25) is 0 Å². The number of nitrogens with two attached hydrogens (primary N) is 1. The minimum absolute atomic E-state index is 0.175. The fourth-order valence-corrected chi connectivity index (χ4v) is 2.31. The van der Waals surface area contributed by atoms with Gasteiger partial charge in [-0.3, -0.25) is 0 Å². The molecule has 1 saturated carbocycles. The van der Waals surface area contributed by atoms with Gasteiger partial charge in [-0.05, 0) is 30.5 Å². The maximum atomic E-state index is 13.0. The van der Waals surface area contributed by atoms with Crippen molar-refractivity contribution in [3.63, 3.8) is 0 Å². The summed E-state index contributed by atoms with van der Waals surface area (Å²) in [5.74, 6) is -1.60. The van der Waals surface area contributed by atoms with Gasteiger partial charge in [-0.1, -0.05) is 18.9 Å². The molecule has 17 heavy (non-hydrogen) atoms. The van der Waals surface area contributed by atoms with Gasteiger partial charge in [0.2, 0.25) is 0 Å². The lowest BCUT2D eigenvalue weighted by Crippen LogP contribution is -2.46. The molecule has 4 heteroatoms. The van der Waals surface area contributed by atoms with E-state index in [4.69, 9.17) is 5.73 Å². The zero-order valence-electron chi connectivity index (χ0n) is 9.76. The average molecular weight is 240 g/mol. The maximum Gasteiger partial charge on any atom is 0.159 e. The molecule has 94 valence electrons. The smallest absolute Gasteiger partial charge is 0.159 e. The normalized spacial score (nSPS) is 24.9. The van der Waals surface area contributed by atoms with Gasteiger partial charge < -0.3 is 11.1 Å². The summed E-state index contributed by atoms with van der Waals surface area (Å²) >= 11 is 0. The molecule has 2 rings (SSSR count). The largest absolute Gasteiger partial charge is 0.326 e. The van der Waals surface area contributed by atoms with Gasteiger partial charge >= 0.3 is 0 Å². The van der Waals surface area contributed by atoms with Gasteiger partial charge in [-0.25, -0.2) is 8.78 Å². The molecule has 2 atom stereocenters. The number of nitrogens with one attached hydrogen (secondary N) is 1. The molecule has 1 aromatic rings. The van der Waals surface area contributed by atoms with Crippen molar-refractivity contribution in [1.29, 1.82) is 0 Å². The summed E-state index contributed by atoms with van der Waals surface area (Å²) in [6.45, 7) is 0.537. The maximum absolute atomic E-state index is 13.0. The highest BCUT2D eigenvalue weighted by Crippen LogP contribution is 2.17. The SMILES string of the molecule is NC1CCCCC1NCc1ccc(F)c(F)c1. The molecule has 1 aliphatic carbocycles. The van der Waals surface area contributed by atoms with Gasteiger partial charge in [0.05, 0.1) is 0 Å². The van der Waals surface area contributed by atoms with E-state index in [1.165, 1.54) is 18.9 Å². The van der Waals surface area contributed by atoms with Crippen LogP contribution in [0.4, 0.5) is 8.78 Å². The first-order valence-electron chi connectivity index (χ1n) is 6.09. The minimum atomic E-state index is -0.803. The summed E-state index contributed by atoms with van der Waals surface area (Å²) < 4.78 is 25.7. The Balaban J connectivity index is 1.90. The van der Waals surface area contributed by atoms with Gasteiger partial charge in [0.1, 0.15) is 0 Å². The summed E-state index contributed by atoms with van der Waals surface area (Å²) in [6, 6.07) is 4.45. The molecule has 0 heterocycles. The van der Waals surface area contributed by atoms with Crippen LogP contribution < -0.4 is 11.1 Å². The van der Waals surface area contributed by atoms with Crippen molar-refractivity contribution in [1.82, 2.24) is 5.32 Å². The molecule has 1 aromatic carbocycles. The Morgan fingerprint density at radius 1 is 1.18 bits per heavy atom. The molecular formula is C13H18F2N2. The standard InChI is InChI=1S/C13H18F2N2/c14-10-6-5-9(7-11(10)15)8-17-13-4-2-1-3-12(13)16/h5-7,12-13,17H,1-4,8,16H2. The van der Waals surface area contributed by atoms with Gasteiger partial charge in [-0.2, -0.15) is 0 Å². The highest BCUT2D eigenvalue weighted by Gasteiger charge is 2.20. The molecule has 2 nitrogen and oxygen atoms in total. The van der Waals surface area contributed by atoms with Crippen molar-refractivity contribution in [2.45, 2.75) is 44.3 Å². The lowest BCUT2D eigenvalue weighted by molar-refractivity contribution is 0.326. The number of benzene rings is 1. The fraction of sp³-hybridized carbons (Fsp3) is 0.538. The molecule has 2 unspecified atom stereocenters. The number of hydrogen-bond acceptors (Lipinski definition) is 2. The second-order valence-corrected chi connectivity index (χ2v) is 4.68. The molecule has 1 aliphatic rings. The molecule has 0 bridgehead atoms. The molecule has 0 spiro atoms. The van der Waals surface area contributed by atoms with Gasteiger partial charge in [0.25, 0.3) is 0 Å². The zero-order valence-corrected chi connectivity index (χ0v) is 9.76. The van der Waals surface area contributed by atoms with Crippen LogP contribution in [0.25, 0.3) is 0 Å². The van der Waals surface area contributed by atoms with E-state index in [0.29, 0.717) is 6.54 Å². The minimum Gasteiger partial charge on any atom is -0.326 e. The quantitative estimate of drug-likeness (QED) is 0.851. The van der Waals surface area contributed by atoms with Gasteiger partial charge in [0.15, 0.2) is 11.6 Å². The lowest BCUT2D eigenvalue weighted by Gasteiger charge is -2.29. The summed E-state index contributed by atoms with van der Waals surface area (Å²) in [6.07, 6.45) is 4.47. The molecule has 0 aromatic heterocycles. The monoisotopic (exact) mass is 240 g/mol. The Bertz CT molecular complexity index is 382. The van der Waals surface area contributed by atoms with Crippen molar-refractivity contribution in [2.75, 3.05) is 0 Å². The van der Waals surface area contributed by atoms with E-state index in [2.05, 4.69) is 5.32 Å². The van der Waals surface area contributed by atoms with Crippen LogP contribution in [0.5, 0.6) is 0 Å². The summed E-state index contributed by atoms with van der Waals surface area (Å²) in [7, 11) is 0. The highest BCUT2D eigenvalue weighted by atomic mass is 19.2. The lowest BCUT2D eigenvalue weighted by atomic mass is 9.91. The second-order valence-electron chi connectivity index (χ2n) is 4.68. The van der Waals surface area contributed by atoms with Crippen molar-refractivity contribution < 1.29 is 8.78 Å².